The van der Waals surface area contributed by atoms with E-state index in [0.29, 0.717) is 28.1 Å². The highest BCUT2D eigenvalue weighted by Crippen LogP contribution is 2.23. The van der Waals surface area contributed by atoms with E-state index in [4.69, 9.17) is 11.6 Å². The van der Waals surface area contributed by atoms with Crippen molar-refractivity contribution < 1.29 is 4.79 Å². The number of benzene rings is 3. The number of para-hydroxylation sites is 2. The highest BCUT2D eigenvalue weighted by atomic mass is 35.5. The molecule has 5 rings (SSSR count). The van der Waals surface area contributed by atoms with Crippen LogP contribution in [0.5, 0.6) is 0 Å². The first-order valence-corrected chi connectivity index (χ1v) is 12.2. The Kier molecular flexibility index (Phi) is 6.74. The van der Waals surface area contributed by atoms with Crippen molar-refractivity contribution in [3.63, 3.8) is 0 Å². The molecule has 0 aliphatic heterocycles. The number of amides is 1. The van der Waals surface area contributed by atoms with Gasteiger partial charge in [-0.1, -0.05) is 59.6 Å². The van der Waals surface area contributed by atoms with E-state index in [9.17, 15) is 9.59 Å². The Balaban J connectivity index is 1.39. The molecule has 1 amide bonds. The molecule has 0 bridgehead atoms. The number of aryl methyl sites for hydroxylation is 2. The van der Waals surface area contributed by atoms with Crippen LogP contribution in [0.15, 0.2) is 83.7 Å². The maximum Gasteiger partial charge on any atom is 0.262 e. The fourth-order valence-corrected chi connectivity index (χ4v) is 4.46. The molecule has 0 saturated carbocycles. The summed E-state index contributed by atoms with van der Waals surface area (Å²) in [6.45, 7) is 4.14. The lowest BCUT2D eigenvalue weighted by atomic mass is 10.2. The van der Waals surface area contributed by atoms with Crippen molar-refractivity contribution in [1.82, 2.24) is 24.6 Å². The molecule has 2 heterocycles. The van der Waals surface area contributed by atoms with Crippen LogP contribution in [0.1, 0.15) is 21.6 Å². The summed E-state index contributed by atoms with van der Waals surface area (Å²) in [7, 11) is 0. The molecule has 0 saturated heterocycles. The summed E-state index contributed by atoms with van der Waals surface area (Å²) in [5.41, 5.74) is 3.90. The van der Waals surface area contributed by atoms with Crippen LogP contribution in [0.4, 0.5) is 11.6 Å². The van der Waals surface area contributed by atoms with Gasteiger partial charge in [0.2, 0.25) is 5.95 Å². The Hall–Kier alpha value is -4.43. The molecule has 0 atom stereocenters. The molecule has 0 spiro atoms. The van der Waals surface area contributed by atoms with Crippen molar-refractivity contribution >= 4 is 40.0 Å². The first-order chi connectivity index (χ1) is 17.9. The van der Waals surface area contributed by atoms with Gasteiger partial charge in [-0.05, 0) is 50.2 Å². The third kappa shape index (κ3) is 4.96. The quantitative estimate of drug-likeness (QED) is 0.319. The summed E-state index contributed by atoms with van der Waals surface area (Å²) in [5, 5.41) is 11.3. The summed E-state index contributed by atoms with van der Waals surface area (Å²) >= 11 is 6.54. The average molecular weight is 513 g/mol. The Bertz CT molecular complexity index is 1640. The predicted molar refractivity (Wildman–Crippen MR) is 146 cm³/mol. The average Bonchev–Trinajstić information content (AvgIpc) is 3.21. The minimum atomic E-state index is -0.362. The number of fused-ring (bicyclic) bond motifs is 1. The maximum atomic E-state index is 13.3. The van der Waals surface area contributed by atoms with Crippen LogP contribution in [-0.4, -0.2) is 31.8 Å². The van der Waals surface area contributed by atoms with Crippen molar-refractivity contribution in [2.75, 3.05) is 11.9 Å². The number of hydrogen-bond acceptors (Lipinski definition) is 5. The highest BCUT2D eigenvalue weighted by molar-refractivity contribution is 6.33. The van der Waals surface area contributed by atoms with E-state index in [-0.39, 0.29) is 29.7 Å². The molecule has 0 aliphatic carbocycles. The van der Waals surface area contributed by atoms with Crippen LogP contribution in [0.2, 0.25) is 5.15 Å². The van der Waals surface area contributed by atoms with Gasteiger partial charge in [-0.3, -0.25) is 14.2 Å². The van der Waals surface area contributed by atoms with E-state index in [0.717, 1.165) is 16.9 Å². The zero-order chi connectivity index (χ0) is 25.9. The third-order valence-electron chi connectivity index (χ3n) is 6.02. The second-order valence-corrected chi connectivity index (χ2v) is 9.01. The normalized spacial score (nSPS) is 11.0. The molecule has 37 heavy (non-hydrogen) atoms. The standard InChI is InChI=1S/C28H25ClN6O2/c1-18-12-14-20(15-13-18)31-28-32-23-11-7-6-10-22(23)27(37)34(28)17-16-30-26(36)24-19(2)33-35(25(24)29)21-8-4-3-5-9-21/h3-15H,16-17H2,1-2H3,(H,30,36)(H,31,32). The molecule has 2 aromatic heterocycles. The topological polar surface area (TPSA) is 93.8 Å². The van der Waals surface area contributed by atoms with Gasteiger partial charge in [0.15, 0.2) is 0 Å². The largest absolute Gasteiger partial charge is 0.350 e. The summed E-state index contributed by atoms with van der Waals surface area (Å²) < 4.78 is 3.07. The molecule has 8 nitrogen and oxygen atoms in total. The second-order valence-electron chi connectivity index (χ2n) is 8.65. The van der Waals surface area contributed by atoms with Crippen molar-refractivity contribution in [3.8, 4) is 5.69 Å². The Morgan fingerprint density at radius 2 is 1.65 bits per heavy atom. The Labute approximate surface area is 218 Å². The van der Waals surface area contributed by atoms with Gasteiger partial charge in [0.05, 0.1) is 27.8 Å². The fraction of sp³-hybridized carbons (Fsp3) is 0.143. The molecular weight excluding hydrogens is 488 g/mol. The van der Waals surface area contributed by atoms with Gasteiger partial charge in [0.1, 0.15) is 5.15 Å². The minimum Gasteiger partial charge on any atom is -0.350 e. The Morgan fingerprint density at radius 1 is 0.946 bits per heavy atom. The van der Waals surface area contributed by atoms with Gasteiger partial charge < -0.3 is 10.6 Å². The van der Waals surface area contributed by atoms with E-state index in [2.05, 4.69) is 20.7 Å². The van der Waals surface area contributed by atoms with E-state index in [1.807, 2.05) is 67.6 Å². The van der Waals surface area contributed by atoms with Crippen molar-refractivity contribution in [3.05, 3.63) is 111 Å². The summed E-state index contributed by atoms with van der Waals surface area (Å²) in [5.74, 6) is 0.0347. The van der Waals surface area contributed by atoms with Crippen molar-refractivity contribution in [2.24, 2.45) is 0 Å². The lowest BCUT2D eigenvalue weighted by Gasteiger charge is -2.15. The number of nitrogens with zero attached hydrogens (tertiary/aromatic N) is 4. The van der Waals surface area contributed by atoms with Crippen LogP contribution in [-0.2, 0) is 6.54 Å². The van der Waals surface area contributed by atoms with E-state index in [1.54, 1.807) is 25.1 Å². The van der Waals surface area contributed by atoms with Crippen molar-refractivity contribution in [2.45, 2.75) is 20.4 Å². The van der Waals surface area contributed by atoms with E-state index >= 15 is 0 Å². The zero-order valence-corrected chi connectivity index (χ0v) is 21.2. The predicted octanol–water partition coefficient (Wildman–Crippen LogP) is 5.03. The molecule has 0 unspecified atom stereocenters. The number of carbonyl (C=O) groups is 1. The smallest absolute Gasteiger partial charge is 0.262 e. The van der Waals surface area contributed by atoms with E-state index < -0.39 is 0 Å². The van der Waals surface area contributed by atoms with Crippen LogP contribution in [0.3, 0.4) is 0 Å². The molecule has 0 aliphatic rings. The monoisotopic (exact) mass is 512 g/mol. The zero-order valence-electron chi connectivity index (χ0n) is 20.4. The molecule has 3 aromatic carbocycles. The second kappa shape index (κ2) is 10.3. The number of aromatic nitrogens is 4. The molecule has 0 radical (unpaired) electrons. The summed E-state index contributed by atoms with van der Waals surface area (Å²) in [4.78, 5) is 31.1. The first-order valence-electron chi connectivity index (χ1n) is 11.8. The number of carbonyl (C=O) groups excluding carboxylic acids is 1. The SMILES string of the molecule is Cc1ccc(Nc2nc3ccccc3c(=O)n2CCNC(=O)c2c(C)nn(-c3ccccc3)c2Cl)cc1. The Morgan fingerprint density at radius 3 is 2.41 bits per heavy atom. The fourth-order valence-electron chi connectivity index (χ4n) is 4.10. The van der Waals surface area contributed by atoms with Crippen LogP contribution in [0, 0.1) is 13.8 Å². The van der Waals surface area contributed by atoms with Gasteiger partial charge in [0, 0.05) is 18.8 Å². The van der Waals surface area contributed by atoms with Crippen molar-refractivity contribution in [1.29, 1.82) is 0 Å². The number of rotatable bonds is 7. The number of nitrogens with one attached hydrogen (secondary N) is 2. The van der Waals surface area contributed by atoms with Crippen LogP contribution in [0.25, 0.3) is 16.6 Å². The lowest BCUT2D eigenvalue weighted by Crippen LogP contribution is -2.32. The molecule has 186 valence electrons. The highest BCUT2D eigenvalue weighted by Gasteiger charge is 2.21. The van der Waals surface area contributed by atoms with Crippen LogP contribution >= 0.6 is 11.6 Å². The third-order valence-corrected chi connectivity index (χ3v) is 6.37. The van der Waals surface area contributed by atoms with Gasteiger partial charge in [-0.2, -0.15) is 5.10 Å². The van der Waals surface area contributed by atoms with Crippen LogP contribution < -0.4 is 16.2 Å². The summed E-state index contributed by atoms with van der Waals surface area (Å²) in [6.07, 6.45) is 0. The lowest BCUT2D eigenvalue weighted by molar-refractivity contribution is 0.0951. The van der Waals surface area contributed by atoms with Gasteiger partial charge in [0.25, 0.3) is 11.5 Å². The van der Waals surface area contributed by atoms with Gasteiger partial charge >= 0.3 is 0 Å². The van der Waals surface area contributed by atoms with Gasteiger partial charge in [-0.15, -0.1) is 0 Å². The number of hydrogen-bond donors (Lipinski definition) is 2. The maximum absolute atomic E-state index is 13.3. The van der Waals surface area contributed by atoms with E-state index in [1.165, 1.54) is 9.25 Å². The number of halogens is 1. The molecular formula is C28H25ClN6O2. The van der Waals surface area contributed by atoms with Gasteiger partial charge in [-0.25, -0.2) is 9.67 Å². The molecule has 9 heteroatoms. The molecule has 5 aromatic rings. The number of anilines is 2. The molecule has 2 N–H and O–H groups in total. The summed E-state index contributed by atoms with van der Waals surface area (Å²) in [6, 6.07) is 24.4. The molecule has 0 fully saturated rings. The first kappa shape index (κ1) is 24.3. The minimum absolute atomic E-state index is 0.188.